The zero-order chi connectivity index (χ0) is 13.9. The van der Waals surface area contributed by atoms with Crippen molar-refractivity contribution in [2.45, 2.75) is 71.3 Å². The molecule has 5 nitrogen and oxygen atoms in total. The highest BCUT2D eigenvalue weighted by Crippen LogP contribution is 2.09. The second-order valence-electron chi connectivity index (χ2n) is 5.02. The monoisotopic (exact) mass is 267 g/mol. The quantitative estimate of drug-likeness (QED) is 0.626. The maximum Gasteiger partial charge on any atom is 0.309 e. The number of aromatic nitrogens is 3. The third-order valence-electron chi connectivity index (χ3n) is 3.16. The number of aliphatic carboxylic acids is 1. The summed E-state index contributed by atoms with van der Waals surface area (Å²) in [6, 6.07) is 0. The highest BCUT2D eigenvalue weighted by atomic mass is 16.4. The smallest absolute Gasteiger partial charge is 0.309 e. The summed E-state index contributed by atoms with van der Waals surface area (Å²) in [5.41, 5.74) is 0.534. The average molecular weight is 267 g/mol. The van der Waals surface area contributed by atoms with Gasteiger partial charge in [0.2, 0.25) is 0 Å². The number of carboxylic acids is 1. The van der Waals surface area contributed by atoms with Gasteiger partial charge in [-0.15, -0.1) is 5.10 Å². The maximum absolute atomic E-state index is 10.5. The van der Waals surface area contributed by atoms with Crippen molar-refractivity contribution in [3.8, 4) is 0 Å². The first-order chi connectivity index (χ1) is 9.22. The molecule has 1 aromatic heterocycles. The van der Waals surface area contributed by atoms with Gasteiger partial charge in [0.25, 0.3) is 0 Å². The average Bonchev–Trinajstić information content (AvgIpc) is 2.79. The molecule has 0 fully saturated rings. The van der Waals surface area contributed by atoms with E-state index in [1.54, 1.807) is 10.9 Å². The Morgan fingerprint density at radius 2 is 1.79 bits per heavy atom. The van der Waals surface area contributed by atoms with E-state index in [4.69, 9.17) is 5.11 Å². The van der Waals surface area contributed by atoms with Gasteiger partial charge in [-0.2, -0.15) is 0 Å². The maximum atomic E-state index is 10.5. The molecular weight excluding hydrogens is 242 g/mol. The van der Waals surface area contributed by atoms with E-state index in [1.165, 1.54) is 44.9 Å². The van der Waals surface area contributed by atoms with Crippen molar-refractivity contribution in [1.29, 1.82) is 0 Å². The highest BCUT2D eigenvalue weighted by Gasteiger charge is 2.05. The lowest BCUT2D eigenvalue weighted by Crippen LogP contribution is -2.00. The Kier molecular flexibility index (Phi) is 7.86. The Morgan fingerprint density at radius 1 is 1.16 bits per heavy atom. The molecule has 0 unspecified atom stereocenters. The Morgan fingerprint density at radius 3 is 2.42 bits per heavy atom. The van der Waals surface area contributed by atoms with Crippen LogP contribution in [0.25, 0.3) is 0 Å². The van der Waals surface area contributed by atoms with Gasteiger partial charge in [-0.05, 0) is 6.42 Å². The molecule has 19 heavy (non-hydrogen) atoms. The van der Waals surface area contributed by atoms with E-state index in [9.17, 15) is 4.79 Å². The number of carbonyl (C=O) groups is 1. The molecule has 0 saturated carbocycles. The van der Waals surface area contributed by atoms with Gasteiger partial charge in [0.05, 0.1) is 12.1 Å². The lowest BCUT2D eigenvalue weighted by Gasteiger charge is -2.01. The number of unbranched alkanes of at least 4 members (excludes halogenated alkanes) is 7. The second-order valence-corrected chi connectivity index (χ2v) is 5.02. The van der Waals surface area contributed by atoms with Crippen molar-refractivity contribution in [3.63, 3.8) is 0 Å². The number of nitrogens with zero attached hydrogens (tertiary/aromatic N) is 3. The first-order valence-electron chi connectivity index (χ1n) is 7.33. The van der Waals surface area contributed by atoms with E-state index < -0.39 is 5.97 Å². The number of aryl methyl sites for hydroxylation is 1. The molecule has 0 bridgehead atoms. The van der Waals surface area contributed by atoms with Crippen LogP contribution in [0, 0.1) is 0 Å². The van der Waals surface area contributed by atoms with Crippen LogP contribution in [0.2, 0.25) is 0 Å². The molecule has 0 aliphatic carbocycles. The van der Waals surface area contributed by atoms with E-state index >= 15 is 0 Å². The molecular formula is C14H25N3O2. The summed E-state index contributed by atoms with van der Waals surface area (Å²) in [5, 5.41) is 16.4. The molecule has 0 radical (unpaired) electrons. The molecule has 5 heteroatoms. The van der Waals surface area contributed by atoms with E-state index in [0.717, 1.165) is 13.0 Å². The molecule has 0 saturated heterocycles. The Bertz CT molecular complexity index is 363. The van der Waals surface area contributed by atoms with Crippen molar-refractivity contribution < 1.29 is 9.90 Å². The van der Waals surface area contributed by atoms with Crippen LogP contribution in [0.1, 0.15) is 64.0 Å². The lowest BCUT2D eigenvalue weighted by atomic mass is 10.1. The van der Waals surface area contributed by atoms with E-state index in [1.807, 2.05) is 0 Å². The molecule has 1 rings (SSSR count). The van der Waals surface area contributed by atoms with Gasteiger partial charge in [0, 0.05) is 12.7 Å². The highest BCUT2D eigenvalue weighted by molar-refractivity contribution is 5.69. The molecule has 1 N–H and O–H groups in total. The fourth-order valence-corrected chi connectivity index (χ4v) is 2.09. The van der Waals surface area contributed by atoms with Crippen LogP contribution in [-0.2, 0) is 17.8 Å². The van der Waals surface area contributed by atoms with Crippen LogP contribution in [0.4, 0.5) is 0 Å². The summed E-state index contributed by atoms with van der Waals surface area (Å²) in [4.78, 5) is 10.5. The third-order valence-corrected chi connectivity index (χ3v) is 3.16. The van der Waals surface area contributed by atoms with Crippen LogP contribution >= 0.6 is 0 Å². The summed E-state index contributed by atoms with van der Waals surface area (Å²) in [5.74, 6) is -0.862. The SMILES string of the molecule is CCCCCCCCCCn1cc(CC(=O)O)nn1. The molecule has 1 heterocycles. The normalized spacial score (nSPS) is 10.8. The van der Waals surface area contributed by atoms with E-state index in [0.29, 0.717) is 5.69 Å². The summed E-state index contributed by atoms with van der Waals surface area (Å²) in [6.45, 7) is 3.07. The Balaban J connectivity index is 2.03. The van der Waals surface area contributed by atoms with Crippen LogP contribution in [0.3, 0.4) is 0 Å². The summed E-state index contributed by atoms with van der Waals surface area (Å²) < 4.78 is 1.75. The molecule has 0 amide bonds. The van der Waals surface area contributed by atoms with Crippen molar-refractivity contribution in [2.24, 2.45) is 0 Å². The minimum atomic E-state index is -0.862. The zero-order valence-corrected chi connectivity index (χ0v) is 11.8. The lowest BCUT2D eigenvalue weighted by molar-refractivity contribution is -0.136. The van der Waals surface area contributed by atoms with Crippen LogP contribution in [0.5, 0.6) is 0 Å². The first-order valence-corrected chi connectivity index (χ1v) is 7.33. The summed E-state index contributed by atoms with van der Waals surface area (Å²) >= 11 is 0. The van der Waals surface area contributed by atoms with Gasteiger partial charge in [-0.3, -0.25) is 9.48 Å². The van der Waals surface area contributed by atoms with E-state index in [2.05, 4.69) is 17.2 Å². The van der Waals surface area contributed by atoms with Crippen LogP contribution < -0.4 is 0 Å². The zero-order valence-electron chi connectivity index (χ0n) is 11.8. The van der Waals surface area contributed by atoms with Gasteiger partial charge in [-0.25, -0.2) is 0 Å². The predicted molar refractivity (Wildman–Crippen MR) is 74.0 cm³/mol. The predicted octanol–water partition coefficient (Wildman–Crippen LogP) is 3.05. The van der Waals surface area contributed by atoms with Gasteiger partial charge >= 0.3 is 5.97 Å². The summed E-state index contributed by atoms with van der Waals surface area (Å²) in [6.07, 6.45) is 11.9. The number of carboxylic acid groups (broad SMARTS) is 1. The minimum Gasteiger partial charge on any atom is -0.481 e. The molecule has 1 aromatic rings. The minimum absolute atomic E-state index is 0.0442. The molecule has 0 atom stereocenters. The van der Waals surface area contributed by atoms with E-state index in [-0.39, 0.29) is 6.42 Å². The molecule has 0 aliphatic rings. The van der Waals surface area contributed by atoms with Crippen molar-refractivity contribution in [1.82, 2.24) is 15.0 Å². The van der Waals surface area contributed by atoms with Gasteiger partial charge < -0.3 is 5.11 Å². The van der Waals surface area contributed by atoms with Crippen LogP contribution in [0.15, 0.2) is 6.20 Å². The molecule has 108 valence electrons. The largest absolute Gasteiger partial charge is 0.481 e. The molecule has 0 aliphatic heterocycles. The third kappa shape index (κ3) is 7.59. The second kappa shape index (κ2) is 9.53. The standard InChI is InChI=1S/C14H25N3O2/c1-2-3-4-5-6-7-8-9-10-17-12-13(15-16-17)11-14(18)19/h12H,2-11H2,1H3,(H,18,19). The molecule has 0 aromatic carbocycles. The first kappa shape index (κ1) is 15.7. The van der Waals surface area contributed by atoms with Crippen molar-refractivity contribution in [3.05, 3.63) is 11.9 Å². The number of hydrogen-bond acceptors (Lipinski definition) is 3. The Labute approximate surface area is 115 Å². The van der Waals surface area contributed by atoms with Crippen LogP contribution in [-0.4, -0.2) is 26.1 Å². The number of rotatable bonds is 11. The number of hydrogen-bond donors (Lipinski definition) is 1. The fraction of sp³-hybridized carbons (Fsp3) is 0.786. The molecule has 0 spiro atoms. The van der Waals surface area contributed by atoms with Gasteiger partial charge in [0.15, 0.2) is 0 Å². The fourth-order valence-electron chi connectivity index (χ4n) is 2.09. The van der Waals surface area contributed by atoms with Crippen molar-refractivity contribution in [2.75, 3.05) is 0 Å². The van der Waals surface area contributed by atoms with Gasteiger partial charge in [-0.1, -0.05) is 57.1 Å². The Hall–Kier alpha value is -1.39. The van der Waals surface area contributed by atoms with Gasteiger partial charge in [0.1, 0.15) is 0 Å². The van der Waals surface area contributed by atoms with Crippen molar-refractivity contribution >= 4 is 5.97 Å². The topological polar surface area (TPSA) is 68.0 Å². The summed E-state index contributed by atoms with van der Waals surface area (Å²) in [7, 11) is 0.